The van der Waals surface area contributed by atoms with Crippen molar-refractivity contribution in [3.05, 3.63) is 66.1 Å². The molecule has 0 aliphatic carbocycles. The molecule has 10 nitrogen and oxygen atoms in total. The zero-order chi connectivity index (χ0) is 28.2. The summed E-state index contributed by atoms with van der Waals surface area (Å²) in [6, 6.07) is 11.6. The molecule has 15 heteroatoms. The van der Waals surface area contributed by atoms with Gasteiger partial charge in [-0.1, -0.05) is 17.7 Å². The molecule has 39 heavy (non-hydrogen) atoms. The van der Waals surface area contributed by atoms with E-state index in [1.807, 2.05) is 0 Å². The minimum Gasteiger partial charge on any atom is -0.456 e. The first-order chi connectivity index (χ1) is 18.4. The lowest BCUT2D eigenvalue weighted by Crippen LogP contribution is -2.32. The Bertz CT molecular complexity index is 1610. The van der Waals surface area contributed by atoms with Crippen molar-refractivity contribution in [1.29, 1.82) is 0 Å². The number of sulfone groups is 1. The minimum absolute atomic E-state index is 0.0957. The van der Waals surface area contributed by atoms with E-state index in [-0.39, 0.29) is 23.1 Å². The number of hydrogen-bond donors (Lipinski definition) is 2. The van der Waals surface area contributed by atoms with Crippen molar-refractivity contribution in [2.75, 3.05) is 23.9 Å². The third-order valence-corrected chi connectivity index (χ3v) is 6.16. The number of fused-ring (bicyclic) bond motifs is 1. The molecule has 1 amide bonds. The van der Waals surface area contributed by atoms with Crippen LogP contribution in [0, 0.1) is 0 Å². The van der Waals surface area contributed by atoms with Gasteiger partial charge in [-0.2, -0.15) is 0 Å². The number of nitrogens with one attached hydrogen (secondary N) is 2. The normalized spacial score (nSPS) is 11.8. The zero-order valence-electron chi connectivity index (χ0n) is 20.2. The van der Waals surface area contributed by atoms with Gasteiger partial charge >= 0.3 is 6.36 Å². The topological polar surface area (TPSA) is 124 Å². The van der Waals surface area contributed by atoms with Gasteiger partial charge in [-0.25, -0.2) is 18.4 Å². The van der Waals surface area contributed by atoms with Crippen LogP contribution in [0.4, 0.5) is 24.7 Å². The summed E-state index contributed by atoms with van der Waals surface area (Å²) in [7, 11) is -3.43. The van der Waals surface area contributed by atoms with E-state index in [9.17, 15) is 26.4 Å². The van der Waals surface area contributed by atoms with Gasteiger partial charge < -0.3 is 24.7 Å². The molecule has 0 atom stereocenters. The van der Waals surface area contributed by atoms with Crippen molar-refractivity contribution in [2.24, 2.45) is 0 Å². The highest BCUT2D eigenvalue weighted by Gasteiger charge is 2.31. The lowest BCUT2D eigenvalue weighted by molar-refractivity contribution is -0.274. The molecule has 0 aliphatic rings. The number of ether oxygens (including phenoxy) is 2. The smallest absolute Gasteiger partial charge is 0.456 e. The number of anilines is 2. The minimum atomic E-state index is -4.83. The predicted molar refractivity (Wildman–Crippen MR) is 138 cm³/mol. The van der Waals surface area contributed by atoms with Crippen molar-refractivity contribution in [3.8, 4) is 17.2 Å². The largest absolute Gasteiger partial charge is 0.573 e. The summed E-state index contributed by atoms with van der Waals surface area (Å²) in [5.74, 6) is -0.886. The molecule has 4 rings (SSSR count). The van der Waals surface area contributed by atoms with Gasteiger partial charge in [-0.3, -0.25) is 4.79 Å². The van der Waals surface area contributed by atoms with Crippen LogP contribution in [0.25, 0.3) is 11.0 Å². The van der Waals surface area contributed by atoms with Crippen LogP contribution < -0.4 is 20.1 Å². The van der Waals surface area contributed by atoms with E-state index >= 15 is 0 Å². The fourth-order valence-corrected chi connectivity index (χ4v) is 4.37. The van der Waals surface area contributed by atoms with Crippen molar-refractivity contribution >= 4 is 49.9 Å². The fraction of sp³-hybridized carbons (Fsp3) is 0.208. The standard InChI is InChI=1S/C24H21ClF3N5O5S/c1-39(35,36)13-21(34)29-8-10-33-9-7-19-22(33)23(31-14-30-19)32-15-5-6-20(18(25)11-15)37-16-3-2-4-17(12-16)38-24(26,27)28/h2-7,9,11-12,14H,8,10,13H2,1H3,(H,29,34)(H,30,31,32). The number of hydrogen-bond acceptors (Lipinski definition) is 8. The number of carbonyl (C=O) groups is 1. The van der Waals surface area contributed by atoms with E-state index in [2.05, 4.69) is 25.3 Å². The van der Waals surface area contributed by atoms with Gasteiger partial charge in [0.25, 0.3) is 0 Å². The highest BCUT2D eigenvalue weighted by molar-refractivity contribution is 7.91. The molecule has 2 aromatic heterocycles. The van der Waals surface area contributed by atoms with E-state index < -0.39 is 33.6 Å². The summed E-state index contributed by atoms with van der Waals surface area (Å²) in [4.78, 5) is 20.3. The Morgan fingerprint density at radius 3 is 2.59 bits per heavy atom. The number of rotatable bonds is 10. The Kier molecular flexibility index (Phi) is 8.16. The first-order valence-electron chi connectivity index (χ1n) is 11.2. The Morgan fingerprint density at radius 2 is 1.87 bits per heavy atom. The van der Waals surface area contributed by atoms with Gasteiger partial charge in [-0.05, 0) is 36.4 Å². The molecule has 0 bridgehead atoms. The van der Waals surface area contributed by atoms with E-state index in [0.29, 0.717) is 29.1 Å². The van der Waals surface area contributed by atoms with Crippen LogP contribution in [0.1, 0.15) is 0 Å². The predicted octanol–water partition coefficient (Wildman–Crippen LogP) is 4.68. The summed E-state index contributed by atoms with van der Waals surface area (Å²) in [6.45, 7) is 0.505. The lowest BCUT2D eigenvalue weighted by Gasteiger charge is -2.13. The molecule has 0 radical (unpaired) electrons. The van der Waals surface area contributed by atoms with Crippen molar-refractivity contribution in [3.63, 3.8) is 0 Å². The summed E-state index contributed by atoms with van der Waals surface area (Å²) in [6.07, 6.45) is -0.717. The average Bonchev–Trinajstić information content (AvgIpc) is 3.23. The summed E-state index contributed by atoms with van der Waals surface area (Å²) in [5.41, 5.74) is 1.80. The monoisotopic (exact) mass is 583 g/mol. The van der Waals surface area contributed by atoms with Crippen LogP contribution in [0.15, 0.2) is 61.1 Å². The molecule has 4 aromatic rings. The number of benzene rings is 2. The van der Waals surface area contributed by atoms with Crippen LogP contribution in [0.5, 0.6) is 17.2 Å². The number of halogens is 4. The molecule has 0 saturated heterocycles. The Hall–Kier alpha value is -4.04. The molecule has 0 spiro atoms. The third kappa shape index (κ3) is 7.97. The number of alkyl halides is 3. The molecule has 206 valence electrons. The molecule has 0 saturated carbocycles. The van der Waals surface area contributed by atoms with E-state index in [4.69, 9.17) is 16.3 Å². The molecule has 2 N–H and O–H groups in total. The van der Waals surface area contributed by atoms with E-state index in [0.717, 1.165) is 18.4 Å². The number of nitrogens with zero attached hydrogens (tertiary/aromatic N) is 3. The van der Waals surface area contributed by atoms with Gasteiger partial charge in [0, 0.05) is 37.3 Å². The molecule has 0 unspecified atom stereocenters. The van der Waals surface area contributed by atoms with Gasteiger partial charge in [0.15, 0.2) is 15.7 Å². The van der Waals surface area contributed by atoms with Gasteiger partial charge in [0.2, 0.25) is 5.91 Å². The SMILES string of the molecule is CS(=O)(=O)CC(=O)NCCn1ccc2ncnc(Nc3ccc(Oc4cccc(OC(F)(F)F)c4)c(Cl)c3)c21. The molecule has 0 aliphatic heterocycles. The van der Waals surface area contributed by atoms with Crippen molar-refractivity contribution in [1.82, 2.24) is 19.9 Å². The van der Waals surface area contributed by atoms with Crippen LogP contribution in [0.2, 0.25) is 5.02 Å². The highest BCUT2D eigenvalue weighted by Crippen LogP contribution is 2.35. The fourth-order valence-electron chi connectivity index (χ4n) is 3.58. The Balaban J connectivity index is 1.47. The van der Waals surface area contributed by atoms with E-state index in [1.54, 1.807) is 29.0 Å². The summed E-state index contributed by atoms with van der Waals surface area (Å²) < 4.78 is 71.4. The molecule has 0 fully saturated rings. The Morgan fingerprint density at radius 1 is 1.10 bits per heavy atom. The van der Waals surface area contributed by atoms with Crippen LogP contribution in [0.3, 0.4) is 0 Å². The second-order valence-electron chi connectivity index (χ2n) is 8.28. The maximum atomic E-state index is 12.5. The quantitative estimate of drug-likeness (QED) is 0.276. The second-order valence-corrected chi connectivity index (χ2v) is 10.8. The maximum absolute atomic E-state index is 12.5. The first-order valence-corrected chi connectivity index (χ1v) is 13.6. The van der Waals surface area contributed by atoms with Crippen LogP contribution in [-0.4, -0.2) is 53.8 Å². The lowest BCUT2D eigenvalue weighted by atomic mass is 10.2. The van der Waals surface area contributed by atoms with Crippen molar-refractivity contribution < 1.29 is 35.9 Å². The summed E-state index contributed by atoms with van der Waals surface area (Å²) in [5, 5.41) is 5.89. The number of amides is 1. The van der Waals surface area contributed by atoms with Gasteiger partial charge in [-0.15, -0.1) is 13.2 Å². The zero-order valence-corrected chi connectivity index (χ0v) is 21.8. The van der Waals surface area contributed by atoms with Crippen LogP contribution >= 0.6 is 11.6 Å². The molecular weight excluding hydrogens is 563 g/mol. The number of aromatic nitrogens is 3. The van der Waals surface area contributed by atoms with Gasteiger partial charge in [0.05, 0.1) is 10.5 Å². The number of carbonyl (C=O) groups excluding carboxylic acids is 1. The summed E-state index contributed by atoms with van der Waals surface area (Å²) >= 11 is 6.37. The third-order valence-electron chi connectivity index (χ3n) is 5.08. The molecule has 2 aromatic carbocycles. The molecular formula is C24H21ClF3N5O5S. The first kappa shape index (κ1) is 28.0. The molecule has 2 heterocycles. The average molecular weight is 584 g/mol. The van der Waals surface area contributed by atoms with E-state index in [1.165, 1.54) is 24.5 Å². The highest BCUT2D eigenvalue weighted by atomic mass is 35.5. The second kappa shape index (κ2) is 11.4. The Labute approximate surface area is 225 Å². The van der Waals surface area contributed by atoms with Crippen molar-refractivity contribution in [2.45, 2.75) is 12.9 Å². The van der Waals surface area contributed by atoms with Gasteiger partial charge in [0.1, 0.15) is 34.8 Å². The van der Waals surface area contributed by atoms with Crippen LogP contribution in [-0.2, 0) is 21.2 Å². The maximum Gasteiger partial charge on any atom is 0.573 e.